The van der Waals surface area contributed by atoms with Gasteiger partial charge in [-0.2, -0.15) is 0 Å². The Morgan fingerprint density at radius 2 is 2.00 bits per heavy atom. The zero-order chi connectivity index (χ0) is 13.5. The molecule has 2 radical (unpaired) electrons. The second-order valence-corrected chi connectivity index (χ2v) is 6.67. The lowest BCUT2D eigenvalue weighted by Gasteiger charge is -2.35. The van der Waals surface area contributed by atoms with Gasteiger partial charge in [0.25, 0.3) is 0 Å². The van der Waals surface area contributed by atoms with Crippen molar-refractivity contribution in [1.82, 2.24) is 0 Å². The molecular formula is C13H27BFOP. The molecule has 4 unspecified atom stereocenters. The van der Waals surface area contributed by atoms with Crippen LogP contribution in [0.1, 0.15) is 59.3 Å². The van der Waals surface area contributed by atoms with E-state index in [-0.39, 0.29) is 12.4 Å². The maximum absolute atomic E-state index is 14.0. The minimum absolute atomic E-state index is 0.00705. The number of halogens is 1. The fourth-order valence-electron chi connectivity index (χ4n) is 2.23. The summed E-state index contributed by atoms with van der Waals surface area (Å²) in [5.41, 5.74) is -0.417. The van der Waals surface area contributed by atoms with Crippen LogP contribution in [0.2, 0.25) is 5.82 Å². The van der Waals surface area contributed by atoms with Gasteiger partial charge in [0.05, 0.1) is 7.85 Å². The molecule has 1 N–H and O–H groups in total. The molecule has 0 fully saturated rings. The van der Waals surface area contributed by atoms with Crippen molar-refractivity contribution >= 4 is 17.1 Å². The monoisotopic (exact) mass is 260 g/mol. The minimum Gasteiger partial charge on any atom is -0.396 e. The Labute approximate surface area is 110 Å². The van der Waals surface area contributed by atoms with E-state index in [0.29, 0.717) is 19.3 Å². The summed E-state index contributed by atoms with van der Waals surface area (Å²) in [6.07, 6.45) is 4.64. The predicted octanol–water partition coefficient (Wildman–Crippen LogP) is 3.86. The Bertz CT molecular complexity index is 214. The molecule has 0 spiro atoms. The Balaban J connectivity index is 4.36. The lowest BCUT2D eigenvalue weighted by Crippen LogP contribution is -2.31. The molecule has 0 aliphatic heterocycles. The van der Waals surface area contributed by atoms with E-state index >= 15 is 0 Å². The third-order valence-corrected chi connectivity index (χ3v) is 3.99. The summed E-state index contributed by atoms with van der Waals surface area (Å²) in [7, 11) is 8.31. The second-order valence-electron chi connectivity index (χ2n) is 5.64. The normalized spacial score (nSPS) is 20.6. The van der Waals surface area contributed by atoms with E-state index in [9.17, 15) is 9.50 Å². The lowest BCUT2D eigenvalue weighted by atomic mass is 9.69. The summed E-state index contributed by atoms with van der Waals surface area (Å²) in [6.45, 7) is 5.87. The van der Waals surface area contributed by atoms with Crippen molar-refractivity contribution < 1.29 is 9.50 Å². The quantitative estimate of drug-likeness (QED) is 0.493. The van der Waals surface area contributed by atoms with Crippen LogP contribution < -0.4 is 0 Å². The van der Waals surface area contributed by atoms with E-state index < -0.39 is 10.8 Å². The molecule has 0 bridgehead atoms. The molecule has 0 aromatic heterocycles. The molecule has 0 aromatic rings. The highest BCUT2D eigenvalue weighted by Gasteiger charge is 2.34. The molecule has 1 nitrogen and oxygen atoms in total. The molecule has 0 aromatic carbocycles. The number of hydrogen-bond donors (Lipinski definition) is 1. The topological polar surface area (TPSA) is 20.2 Å². The predicted molar refractivity (Wildman–Crippen MR) is 77.3 cm³/mol. The fourth-order valence-corrected chi connectivity index (χ4v) is 2.72. The Hall–Kier alpha value is 0.385. The molecule has 0 heterocycles. The van der Waals surface area contributed by atoms with Crippen LogP contribution in [0, 0.1) is 5.41 Å². The zero-order valence-electron chi connectivity index (χ0n) is 11.5. The first kappa shape index (κ1) is 17.4. The van der Waals surface area contributed by atoms with Gasteiger partial charge in [0, 0.05) is 6.61 Å². The van der Waals surface area contributed by atoms with E-state index in [1.807, 2.05) is 13.8 Å². The highest BCUT2D eigenvalue weighted by Crippen LogP contribution is 2.42. The molecule has 0 saturated carbocycles. The van der Waals surface area contributed by atoms with Gasteiger partial charge in [0.1, 0.15) is 5.41 Å². The smallest absolute Gasteiger partial charge is 0.124 e. The van der Waals surface area contributed by atoms with Gasteiger partial charge < -0.3 is 5.11 Å². The van der Waals surface area contributed by atoms with Gasteiger partial charge in [-0.1, -0.05) is 61.5 Å². The van der Waals surface area contributed by atoms with Gasteiger partial charge in [-0.15, -0.1) is 0 Å². The largest absolute Gasteiger partial charge is 0.396 e. The molecule has 100 valence electrons. The van der Waals surface area contributed by atoms with Crippen molar-refractivity contribution in [3.05, 3.63) is 0 Å². The summed E-state index contributed by atoms with van der Waals surface area (Å²) in [6, 6.07) is 0. The Morgan fingerprint density at radius 3 is 2.41 bits per heavy atom. The minimum atomic E-state index is -1.29. The molecule has 0 aliphatic rings. The average molecular weight is 260 g/mol. The summed E-state index contributed by atoms with van der Waals surface area (Å²) in [4.78, 5) is 0. The van der Waals surface area contributed by atoms with Crippen molar-refractivity contribution in [3.8, 4) is 0 Å². The van der Waals surface area contributed by atoms with Crippen LogP contribution in [0.15, 0.2) is 0 Å². The summed E-state index contributed by atoms with van der Waals surface area (Å²) in [5, 5.41) is 8.20. The van der Waals surface area contributed by atoms with Gasteiger partial charge >= 0.3 is 0 Å². The number of rotatable bonds is 9. The summed E-state index contributed by atoms with van der Waals surface area (Å²) >= 11 is 0. The average Bonchev–Trinajstić information content (AvgIpc) is 2.25. The number of unbranched alkanes of at least 4 members (excludes halogenated alkanes) is 1. The van der Waals surface area contributed by atoms with E-state index in [4.69, 9.17) is 7.85 Å². The van der Waals surface area contributed by atoms with Gasteiger partial charge in [-0.05, 0) is 18.3 Å². The maximum atomic E-state index is 14.0. The second kappa shape index (κ2) is 7.74. The van der Waals surface area contributed by atoms with E-state index in [1.165, 1.54) is 0 Å². The standard InChI is InChI=1S/C13H27BFOP/c1-4-6-7-11(14)8-12(3,10-16)9-13(15,17)5-2/h11,16H,4-10,17H2,1-3H3. The number of hydrogen-bond acceptors (Lipinski definition) is 1. The SMILES string of the molecule is [B]C(CCCC)CC(C)(CO)CC(F)(P)CC. The molecule has 4 heteroatoms. The number of alkyl halides is 1. The fraction of sp³-hybridized carbons (Fsp3) is 1.00. The molecule has 17 heavy (non-hydrogen) atoms. The van der Waals surface area contributed by atoms with Crippen LogP contribution >= 0.6 is 9.24 Å². The first-order valence-corrected chi connectivity index (χ1v) is 7.20. The highest BCUT2D eigenvalue weighted by molar-refractivity contribution is 7.18. The van der Waals surface area contributed by atoms with Crippen molar-refractivity contribution in [2.24, 2.45) is 5.41 Å². The third kappa shape index (κ3) is 7.41. The first-order chi connectivity index (χ1) is 7.78. The lowest BCUT2D eigenvalue weighted by molar-refractivity contribution is 0.0755. The van der Waals surface area contributed by atoms with Crippen molar-refractivity contribution in [3.63, 3.8) is 0 Å². The van der Waals surface area contributed by atoms with Gasteiger partial charge in [-0.3, -0.25) is 0 Å². The van der Waals surface area contributed by atoms with Gasteiger partial charge in [0.2, 0.25) is 0 Å². The highest BCUT2D eigenvalue weighted by atomic mass is 31.0. The van der Waals surface area contributed by atoms with Crippen molar-refractivity contribution in [1.29, 1.82) is 0 Å². The van der Waals surface area contributed by atoms with Crippen LogP contribution in [-0.2, 0) is 0 Å². The summed E-state index contributed by atoms with van der Waals surface area (Å²) in [5.74, 6) is 0.0600. The van der Waals surface area contributed by atoms with Crippen LogP contribution in [0.5, 0.6) is 0 Å². The molecular weight excluding hydrogens is 233 g/mol. The molecule has 0 rings (SSSR count). The molecule has 0 saturated heterocycles. The maximum Gasteiger partial charge on any atom is 0.124 e. The van der Waals surface area contributed by atoms with Crippen LogP contribution in [-0.4, -0.2) is 25.0 Å². The molecule has 0 aliphatic carbocycles. The number of aliphatic hydroxyl groups excluding tert-OH is 1. The summed E-state index contributed by atoms with van der Waals surface area (Å²) < 4.78 is 14.0. The Kier molecular flexibility index (Phi) is 7.91. The Morgan fingerprint density at radius 1 is 1.41 bits per heavy atom. The van der Waals surface area contributed by atoms with Crippen LogP contribution in [0.4, 0.5) is 4.39 Å². The zero-order valence-corrected chi connectivity index (χ0v) is 12.7. The molecule has 0 amide bonds. The third-order valence-electron chi connectivity index (χ3n) is 3.37. The van der Waals surface area contributed by atoms with Gasteiger partial charge in [-0.25, -0.2) is 4.39 Å². The first-order valence-electron chi connectivity index (χ1n) is 6.63. The van der Waals surface area contributed by atoms with E-state index in [0.717, 1.165) is 19.3 Å². The van der Waals surface area contributed by atoms with Crippen LogP contribution in [0.25, 0.3) is 0 Å². The number of aliphatic hydroxyl groups is 1. The van der Waals surface area contributed by atoms with E-state index in [1.54, 1.807) is 0 Å². The van der Waals surface area contributed by atoms with Crippen molar-refractivity contribution in [2.75, 3.05) is 6.61 Å². The van der Waals surface area contributed by atoms with E-state index in [2.05, 4.69) is 16.2 Å². The molecule has 4 atom stereocenters. The van der Waals surface area contributed by atoms with Crippen LogP contribution in [0.3, 0.4) is 0 Å². The van der Waals surface area contributed by atoms with Gasteiger partial charge in [0.15, 0.2) is 0 Å². The van der Waals surface area contributed by atoms with Crippen molar-refractivity contribution in [2.45, 2.75) is 70.5 Å².